The number of anilines is 1. The van der Waals surface area contributed by atoms with Crippen LogP contribution in [0.4, 0.5) is 5.13 Å². The van der Waals surface area contributed by atoms with Crippen molar-refractivity contribution in [1.29, 1.82) is 0 Å². The van der Waals surface area contributed by atoms with Gasteiger partial charge in [0.1, 0.15) is 0 Å². The number of benzene rings is 3. The highest BCUT2D eigenvalue weighted by Gasteiger charge is 2.07. The lowest BCUT2D eigenvalue weighted by molar-refractivity contribution is -0.111. The van der Waals surface area contributed by atoms with Crippen LogP contribution in [0, 0.1) is 0 Å². The highest BCUT2D eigenvalue weighted by atomic mass is 32.1. The van der Waals surface area contributed by atoms with E-state index in [1.165, 1.54) is 27.7 Å². The SMILES string of the molecule is CC(C)c1ccc(/C=C/C(=O)Nc2nc(-c3ccc4ccccc4c3)cs2)cc1. The molecule has 0 saturated carbocycles. The summed E-state index contributed by atoms with van der Waals surface area (Å²) in [4.78, 5) is 16.8. The van der Waals surface area contributed by atoms with Crippen LogP contribution in [0.2, 0.25) is 0 Å². The van der Waals surface area contributed by atoms with Crippen molar-refractivity contribution in [3.05, 3.63) is 89.3 Å². The molecule has 4 rings (SSSR count). The molecule has 0 aliphatic heterocycles. The lowest BCUT2D eigenvalue weighted by Gasteiger charge is -2.04. The Labute approximate surface area is 174 Å². The molecule has 4 heteroatoms. The van der Waals surface area contributed by atoms with Gasteiger partial charge in [0.05, 0.1) is 5.69 Å². The largest absolute Gasteiger partial charge is 0.298 e. The van der Waals surface area contributed by atoms with Crippen LogP contribution >= 0.6 is 11.3 Å². The van der Waals surface area contributed by atoms with Gasteiger partial charge in [-0.05, 0) is 40.0 Å². The Balaban J connectivity index is 1.43. The van der Waals surface area contributed by atoms with Crippen molar-refractivity contribution in [2.75, 3.05) is 5.32 Å². The summed E-state index contributed by atoms with van der Waals surface area (Å²) in [7, 11) is 0. The maximum atomic E-state index is 12.3. The fourth-order valence-corrected chi connectivity index (χ4v) is 3.85. The number of carbonyl (C=O) groups is 1. The molecule has 1 amide bonds. The molecule has 0 bridgehead atoms. The third-order valence-electron chi connectivity index (χ3n) is 4.81. The molecular weight excluding hydrogens is 376 g/mol. The molecular formula is C25H22N2OS. The van der Waals surface area contributed by atoms with Gasteiger partial charge in [0.15, 0.2) is 5.13 Å². The Morgan fingerprint density at radius 2 is 1.76 bits per heavy atom. The van der Waals surface area contributed by atoms with E-state index in [9.17, 15) is 4.79 Å². The van der Waals surface area contributed by atoms with Gasteiger partial charge in [-0.25, -0.2) is 4.98 Å². The minimum absolute atomic E-state index is 0.183. The monoisotopic (exact) mass is 398 g/mol. The third-order valence-corrected chi connectivity index (χ3v) is 5.57. The zero-order valence-electron chi connectivity index (χ0n) is 16.4. The lowest BCUT2D eigenvalue weighted by Crippen LogP contribution is -2.07. The molecule has 1 aromatic heterocycles. The minimum atomic E-state index is -0.183. The average Bonchev–Trinajstić information content (AvgIpc) is 3.20. The molecule has 29 heavy (non-hydrogen) atoms. The summed E-state index contributed by atoms with van der Waals surface area (Å²) in [6.07, 6.45) is 3.36. The Bertz CT molecular complexity index is 1170. The molecule has 0 saturated heterocycles. The number of carbonyl (C=O) groups excluding carboxylic acids is 1. The van der Waals surface area contributed by atoms with E-state index < -0.39 is 0 Å². The van der Waals surface area contributed by atoms with Gasteiger partial charge in [-0.3, -0.25) is 10.1 Å². The van der Waals surface area contributed by atoms with E-state index in [4.69, 9.17) is 0 Å². The molecule has 0 spiro atoms. The fraction of sp³-hybridized carbons (Fsp3) is 0.120. The number of hydrogen-bond donors (Lipinski definition) is 1. The summed E-state index contributed by atoms with van der Waals surface area (Å²) >= 11 is 1.43. The maximum Gasteiger partial charge on any atom is 0.250 e. The molecule has 144 valence electrons. The third kappa shape index (κ3) is 4.61. The van der Waals surface area contributed by atoms with Crippen LogP contribution in [-0.2, 0) is 4.79 Å². The van der Waals surface area contributed by atoms with Crippen molar-refractivity contribution in [2.45, 2.75) is 19.8 Å². The Morgan fingerprint density at radius 1 is 1.00 bits per heavy atom. The molecule has 3 aromatic carbocycles. The topological polar surface area (TPSA) is 42.0 Å². The van der Waals surface area contributed by atoms with Crippen molar-refractivity contribution in [2.24, 2.45) is 0 Å². The zero-order valence-corrected chi connectivity index (χ0v) is 17.2. The predicted octanol–water partition coefficient (Wildman–Crippen LogP) is 6.74. The molecule has 0 atom stereocenters. The molecule has 0 aliphatic carbocycles. The van der Waals surface area contributed by atoms with E-state index in [1.807, 2.05) is 35.7 Å². The molecule has 4 aromatic rings. The number of thiazole rings is 1. The van der Waals surface area contributed by atoms with Crippen molar-refractivity contribution in [3.8, 4) is 11.3 Å². The van der Waals surface area contributed by atoms with Crippen molar-refractivity contribution in [1.82, 2.24) is 4.98 Å². The van der Waals surface area contributed by atoms with Crippen LogP contribution in [0.1, 0.15) is 30.9 Å². The standard InChI is InChI=1S/C25H22N2OS/c1-17(2)19-10-7-18(8-11-19)9-14-24(28)27-25-26-23(16-29-25)22-13-12-20-5-3-4-6-21(20)15-22/h3-17H,1-2H3,(H,26,27,28)/b14-9+. The molecule has 1 heterocycles. The van der Waals surface area contributed by atoms with E-state index in [1.54, 1.807) is 6.08 Å². The lowest BCUT2D eigenvalue weighted by atomic mass is 10.0. The maximum absolute atomic E-state index is 12.3. The number of nitrogens with one attached hydrogen (secondary N) is 1. The Kier molecular flexibility index (Phi) is 5.54. The number of aromatic nitrogens is 1. The van der Waals surface area contributed by atoms with Gasteiger partial charge in [0, 0.05) is 17.0 Å². The van der Waals surface area contributed by atoms with E-state index >= 15 is 0 Å². The zero-order chi connectivity index (χ0) is 20.2. The summed E-state index contributed by atoms with van der Waals surface area (Å²) in [6.45, 7) is 4.33. The first kappa shape index (κ1) is 19.1. The molecule has 0 fully saturated rings. The number of amides is 1. The highest BCUT2D eigenvalue weighted by Crippen LogP contribution is 2.27. The van der Waals surface area contributed by atoms with E-state index in [0.29, 0.717) is 11.0 Å². The van der Waals surface area contributed by atoms with Gasteiger partial charge in [0.2, 0.25) is 5.91 Å². The molecule has 0 unspecified atom stereocenters. The number of rotatable bonds is 5. The van der Waals surface area contributed by atoms with Crippen molar-refractivity contribution in [3.63, 3.8) is 0 Å². The average molecular weight is 399 g/mol. The van der Waals surface area contributed by atoms with Gasteiger partial charge in [-0.15, -0.1) is 11.3 Å². The molecule has 1 N–H and O–H groups in total. The van der Waals surface area contributed by atoms with Crippen LogP contribution in [0.5, 0.6) is 0 Å². The molecule has 0 radical (unpaired) electrons. The van der Waals surface area contributed by atoms with Crippen LogP contribution in [0.25, 0.3) is 28.1 Å². The molecule has 0 aliphatic rings. The van der Waals surface area contributed by atoms with Crippen LogP contribution in [0.15, 0.2) is 78.2 Å². The van der Waals surface area contributed by atoms with E-state index in [-0.39, 0.29) is 5.91 Å². The summed E-state index contributed by atoms with van der Waals surface area (Å²) in [6, 6.07) is 22.8. The Morgan fingerprint density at radius 3 is 2.52 bits per heavy atom. The van der Waals surface area contributed by atoms with Gasteiger partial charge in [0.25, 0.3) is 0 Å². The second-order valence-corrected chi connectivity index (χ2v) is 8.10. The van der Waals surface area contributed by atoms with Gasteiger partial charge in [-0.2, -0.15) is 0 Å². The van der Waals surface area contributed by atoms with Gasteiger partial charge in [-0.1, -0.05) is 74.5 Å². The van der Waals surface area contributed by atoms with Crippen molar-refractivity contribution < 1.29 is 4.79 Å². The normalized spacial score (nSPS) is 11.4. The van der Waals surface area contributed by atoms with Crippen molar-refractivity contribution >= 4 is 39.2 Å². The first-order valence-corrected chi connectivity index (χ1v) is 10.5. The number of hydrogen-bond acceptors (Lipinski definition) is 3. The quantitative estimate of drug-likeness (QED) is 0.378. The summed E-state index contributed by atoms with van der Waals surface area (Å²) in [5.74, 6) is 0.315. The second kappa shape index (κ2) is 8.41. The first-order chi connectivity index (χ1) is 14.1. The van der Waals surface area contributed by atoms with Gasteiger partial charge >= 0.3 is 0 Å². The van der Waals surface area contributed by atoms with Crippen LogP contribution in [0.3, 0.4) is 0 Å². The predicted molar refractivity (Wildman–Crippen MR) is 123 cm³/mol. The van der Waals surface area contributed by atoms with E-state index in [2.05, 4.69) is 66.6 Å². The first-order valence-electron chi connectivity index (χ1n) is 9.62. The van der Waals surface area contributed by atoms with Crippen LogP contribution < -0.4 is 5.32 Å². The van der Waals surface area contributed by atoms with E-state index in [0.717, 1.165) is 16.8 Å². The fourth-order valence-electron chi connectivity index (χ4n) is 3.12. The summed E-state index contributed by atoms with van der Waals surface area (Å²) in [5, 5.41) is 7.79. The van der Waals surface area contributed by atoms with Gasteiger partial charge < -0.3 is 0 Å². The highest BCUT2D eigenvalue weighted by molar-refractivity contribution is 7.14. The number of fused-ring (bicyclic) bond motifs is 1. The summed E-state index contributed by atoms with van der Waals surface area (Å²) < 4.78 is 0. The number of nitrogens with zero attached hydrogens (tertiary/aromatic N) is 1. The van der Waals surface area contributed by atoms with Crippen LogP contribution in [-0.4, -0.2) is 10.9 Å². The summed E-state index contributed by atoms with van der Waals surface area (Å²) in [5.41, 5.74) is 4.20. The Hall–Kier alpha value is -3.24. The minimum Gasteiger partial charge on any atom is -0.298 e. The smallest absolute Gasteiger partial charge is 0.250 e. The second-order valence-electron chi connectivity index (χ2n) is 7.24. The molecule has 3 nitrogen and oxygen atoms in total.